The van der Waals surface area contributed by atoms with E-state index < -0.39 is 0 Å². The zero-order valence-corrected chi connectivity index (χ0v) is 15.3. The Bertz CT molecular complexity index is 173. The van der Waals surface area contributed by atoms with Crippen molar-refractivity contribution in [1.29, 1.82) is 0 Å². The van der Waals surface area contributed by atoms with Gasteiger partial charge in [-0.2, -0.15) is 0 Å². The van der Waals surface area contributed by atoms with E-state index in [-0.39, 0.29) is 0 Å². The van der Waals surface area contributed by atoms with Crippen LogP contribution in [0, 0.1) is 12.8 Å². The molecule has 1 unspecified atom stereocenters. The molecule has 21 heavy (non-hydrogen) atoms. The van der Waals surface area contributed by atoms with Crippen LogP contribution in [0.3, 0.4) is 0 Å². The highest BCUT2D eigenvalue weighted by molar-refractivity contribution is 4.59. The lowest BCUT2D eigenvalue weighted by molar-refractivity contribution is 0.402. The third kappa shape index (κ3) is 16.2. The zero-order valence-electron chi connectivity index (χ0n) is 15.3. The first-order valence-electron chi connectivity index (χ1n) is 10.1. The molecule has 0 saturated carbocycles. The molecule has 0 saturated heterocycles. The Morgan fingerprint density at radius 1 is 0.571 bits per heavy atom. The predicted molar refractivity (Wildman–Crippen MR) is 98.7 cm³/mol. The summed E-state index contributed by atoms with van der Waals surface area (Å²) in [6, 6.07) is 0. The molecule has 0 heterocycles. The van der Waals surface area contributed by atoms with Crippen LogP contribution < -0.4 is 0 Å². The van der Waals surface area contributed by atoms with Crippen molar-refractivity contribution in [2.75, 3.05) is 0 Å². The SMILES string of the molecule is [CH2]CCCC(CC)CCCCCCCCCCCCCC. The minimum Gasteiger partial charge on any atom is -0.0654 e. The van der Waals surface area contributed by atoms with Crippen LogP contribution in [0.15, 0.2) is 0 Å². The molecule has 0 N–H and O–H groups in total. The van der Waals surface area contributed by atoms with Gasteiger partial charge in [0.2, 0.25) is 0 Å². The maximum Gasteiger partial charge on any atom is -0.0417 e. The standard InChI is InChI=1S/C21H43/c1-4-7-9-10-11-12-13-14-15-16-17-18-20-21(6-3)19-8-5-2/h21H,2,4-20H2,1,3H3. The summed E-state index contributed by atoms with van der Waals surface area (Å²) in [7, 11) is 0. The number of hydrogen-bond donors (Lipinski definition) is 0. The molecule has 0 bridgehead atoms. The minimum atomic E-state index is 0.981. The molecule has 0 nitrogen and oxygen atoms in total. The van der Waals surface area contributed by atoms with Crippen molar-refractivity contribution in [1.82, 2.24) is 0 Å². The average molecular weight is 296 g/mol. The maximum absolute atomic E-state index is 3.96. The van der Waals surface area contributed by atoms with Gasteiger partial charge >= 0.3 is 0 Å². The summed E-state index contributed by atoms with van der Waals surface area (Å²) in [6.07, 6.45) is 24.2. The molecule has 0 amide bonds. The Morgan fingerprint density at radius 3 is 1.43 bits per heavy atom. The van der Waals surface area contributed by atoms with Crippen LogP contribution in [0.2, 0.25) is 0 Å². The molecule has 0 aromatic carbocycles. The van der Waals surface area contributed by atoms with E-state index in [1.54, 1.807) is 0 Å². The van der Waals surface area contributed by atoms with Gasteiger partial charge in [0.15, 0.2) is 0 Å². The Morgan fingerprint density at radius 2 is 1.00 bits per heavy atom. The van der Waals surface area contributed by atoms with E-state index in [2.05, 4.69) is 20.8 Å². The van der Waals surface area contributed by atoms with Gasteiger partial charge in [-0.25, -0.2) is 0 Å². The molecular formula is C21H43. The van der Waals surface area contributed by atoms with E-state index in [0.717, 1.165) is 12.3 Å². The normalized spacial score (nSPS) is 12.7. The maximum atomic E-state index is 3.96. The molecule has 0 aromatic heterocycles. The predicted octanol–water partition coefficient (Wildman–Crippen LogP) is 8.11. The van der Waals surface area contributed by atoms with Crippen molar-refractivity contribution >= 4 is 0 Å². The summed E-state index contributed by atoms with van der Waals surface area (Å²) < 4.78 is 0. The topological polar surface area (TPSA) is 0 Å². The Kier molecular flexibility index (Phi) is 18.1. The summed E-state index contributed by atoms with van der Waals surface area (Å²) in [5.41, 5.74) is 0. The largest absolute Gasteiger partial charge is 0.0654 e. The van der Waals surface area contributed by atoms with Crippen LogP contribution >= 0.6 is 0 Å². The van der Waals surface area contributed by atoms with Gasteiger partial charge in [-0.3, -0.25) is 0 Å². The fraction of sp³-hybridized carbons (Fsp3) is 0.952. The first kappa shape index (κ1) is 21.0. The fourth-order valence-corrected chi connectivity index (χ4v) is 3.26. The average Bonchev–Trinajstić information content (AvgIpc) is 2.51. The molecule has 0 spiro atoms. The molecule has 127 valence electrons. The molecule has 1 atom stereocenters. The Hall–Kier alpha value is 0. The summed E-state index contributed by atoms with van der Waals surface area (Å²) in [5, 5.41) is 0. The van der Waals surface area contributed by atoms with E-state index >= 15 is 0 Å². The van der Waals surface area contributed by atoms with Crippen molar-refractivity contribution < 1.29 is 0 Å². The van der Waals surface area contributed by atoms with Crippen molar-refractivity contribution in [2.45, 2.75) is 123 Å². The molecular weight excluding hydrogens is 252 g/mol. The van der Waals surface area contributed by atoms with Gasteiger partial charge in [0.1, 0.15) is 0 Å². The van der Waals surface area contributed by atoms with Crippen LogP contribution in [0.4, 0.5) is 0 Å². The summed E-state index contributed by atoms with van der Waals surface area (Å²) >= 11 is 0. The lowest BCUT2D eigenvalue weighted by atomic mass is 9.93. The smallest absolute Gasteiger partial charge is 0.0417 e. The lowest BCUT2D eigenvalue weighted by Gasteiger charge is -2.13. The van der Waals surface area contributed by atoms with Crippen molar-refractivity contribution in [3.8, 4) is 0 Å². The highest BCUT2D eigenvalue weighted by atomic mass is 14.1. The third-order valence-electron chi connectivity index (χ3n) is 4.91. The first-order valence-corrected chi connectivity index (χ1v) is 10.1. The quantitative estimate of drug-likeness (QED) is 0.238. The van der Waals surface area contributed by atoms with E-state index in [4.69, 9.17) is 0 Å². The van der Waals surface area contributed by atoms with Crippen LogP contribution in [-0.2, 0) is 0 Å². The highest BCUT2D eigenvalue weighted by Crippen LogP contribution is 2.20. The molecule has 0 aromatic rings. The van der Waals surface area contributed by atoms with Gasteiger partial charge in [-0.15, -0.1) is 0 Å². The van der Waals surface area contributed by atoms with Crippen molar-refractivity contribution in [2.24, 2.45) is 5.92 Å². The number of unbranched alkanes of at least 4 members (excludes halogenated alkanes) is 12. The zero-order chi connectivity index (χ0) is 15.6. The fourth-order valence-electron chi connectivity index (χ4n) is 3.26. The summed E-state index contributed by atoms with van der Waals surface area (Å²) in [6.45, 7) is 8.61. The highest BCUT2D eigenvalue weighted by Gasteiger charge is 2.04. The number of rotatable bonds is 17. The summed E-state index contributed by atoms with van der Waals surface area (Å²) in [4.78, 5) is 0. The second-order valence-electron chi connectivity index (χ2n) is 6.95. The molecule has 1 radical (unpaired) electrons. The van der Waals surface area contributed by atoms with Gasteiger partial charge in [-0.1, -0.05) is 130 Å². The van der Waals surface area contributed by atoms with Crippen LogP contribution in [0.1, 0.15) is 123 Å². The van der Waals surface area contributed by atoms with Crippen molar-refractivity contribution in [3.05, 3.63) is 6.92 Å². The van der Waals surface area contributed by atoms with Crippen molar-refractivity contribution in [3.63, 3.8) is 0 Å². The summed E-state index contributed by atoms with van der Waals surface area (Å²) in [5.74, 6) is 0.981. The van der Waals surface area contributed by atoms with Gasteiger partial charge in [0, 0.05) is 0 Å². The monoisotopic (exact) mass is 295 g/mol. The van der Waals surface area contributed by atoms with Crippen LogP contribution in [0.5, 0.6) is 0 Å². The second-order valence-corrected chi connectivity index (χ2v) is 6.95. The number of hydrogen-bond acceptors (Lipinski definition) is 0. The Labute approximate surface area is 136 Å². The first-order chi connectivity index (χ1) is 10.3. The molecule has 0 aliphatic heterocycles. The second kappa shape index (κ2) is 18.1. The van der Waals surface area contributed by atoms with E-state index in [0.29, 0.717) is 0 Å². The third-order valence-corrected chi connectivity index (χ3v) is 4.91. The van der Waals surface area contributed by atoms with E-state index in [1.165, 1.54) is 103 Å². The Balaban J connectivity index is 3.14. The van der Waals surface area contributed by atoms with Gasteiger partial charge in [0.25, 0.3) is 0 Å². The van der Waals surface area contributed by atoms with Gasteiger partial charge in [-0.05, 0) is 5.92 Å². The van der Waals surface area contributed by atoms with E-state index in [1.807, 2.05) is 0 Å². The minimum absolute atomic E-state index is 0.981. The molecule has 0 rings (SSSR count). The lowest BCUT2D eigenvalue weighted by Crippen LogP contribution is -1.98. The van der Waals surface area contributed by atoms with Crippen LogP contribution in [-0.4, -0.2) is 0 Å². The van der Waals surface area contributed by atoms with Gasteiger partial charge in [0.05, 0.1) is 0 Å². The molecule has 0 fully saturated rings. The molecule has 0 aliphatic carbocycles. The van der Waals surface area contributed by atoms with Gasteiger partial charge < -0.3 is 0 Å². The van der Waals surface area contributed by atoms with Crippen LogP contribution in [0.25, 0.3) is 0 Å². The van der Waals surface area contributed by atoms with E-state index in [9.17, 15) is 0 Å². The molecule has 0 aliphatic rings. The molecule has 0 heteroatoms.